The van der Waals surface area contributed by atoms with Gasteiger partial charge in [0.1, 0.15) is 5.69 Å². The van der Waals surface area contributed by atoms with Crippen molar-refractivity contribution in [2.24, 2.45) is 11.3 Å². The van der Waals surface area contributed by atoms with Crippen molar-refractivity contribution < 1.29 is 4.92 Å². The molecule has 0 spiro atoms. The van der Waals surface area contributed by atoms with Gasteiger partial charge in [0.25, 0.3) is 5.69 Å². The second-order valence-corrected chi connectivity index (χ2v) is 5.77. The zero-order valence-corrected chi connectivity index (χ0v) is 11.8. The first-order valence-corrected chi connectivity index (χ1v) is 6.23. The van der Waals surface area contributed by atoms with Gasteiger partial charge in [0.2, 0.25) is 0 Å². The predicted molar refractivity (Wildman–Crippen MR) is 74.9 cm³/mol. The summed E-state index contributed by atoms with van der Waals surface area (Å²) >= 11 is 0. The third kappa shape index (κ3) is 3.45. The Morgan fingerprint density at radius 3 is 2.50 bits per heavy atom. The normalized spacial score (nSPS) is 11.7. The molecular formula is C14H22N2O2. The number of nitro benzene ring substituents is 1. The van der Waals surface area contributed by atoms with E-state index >= 15 is 0 Å². The number of hydrogen-bond donors (Lipinski definition) is 1. The Kier molecular flexibility index (Phi) is 4.33. The fraction of sp³-hybridized carbons (Fsp3) is 0.571. The summed E-state index contributed by atoms with van der Waals surface area (Å²) in [5.74, 6) is 0.508. The summed E-state index contributed by atoms with van der Waals surface area (Å²) in [5, 5.41) is 14.2. The van der Waals surface area contributed by atoms with Gasteiger partial charge in [-0.25, -0.2) is 0 Å². The molecule has 1 N–H and O–H groups in total. The van der Waals surface area contributed by atoms with Crippen LogP contribution in [0.4, 0.5) is 11.4 Å². The number of hydrogen-bond acceptors (Lipinski definition) is 3. The zero-order chi connectivity index (χ0) is 13.9. The highest BCUT2D eigenvalue weighted by Crippen LogP contribution is 2.30. The van der Waals surface area contributed by atoms with Gasteiger partial charge in [-0.1, -0.05) is 33.8 Å². The maximum atomic E-state index is 11.0. The first kappa shape index (κ1) is 14.5. The molecule has 0 aliphatic heterocycles. The van der Waals surface area contributed by atoms with E-state index in [-0.39, 0.29) is 16.0 Å². The summed E-state index contributed by atoms with van der Waals surface area (Å²) in [4.78, 5) is 10.6. The van der Waals surface area contributed by atoms with Crippen molar-refractivity contribution in [1.29, 1.82) is 0 Å². The van der Waals surface area contributed by atoms with Crippen molar-refractivity contribution in [3.8, 4) is 0 Å². The number of nitro groups is 1. The minimum absolute atomic E-state index is 0.0949. The highest BCUT2D eigenvalue weighted by Gasteiger charge is 2.23. The Bertz CT molecular complexity index is 439. The average Bonchev–Trinajstić information content (AvgIpc) is 2.26. The molecule has 0 fully saturated rings. The molecule has 18 heavy (non-hydrogen) atoms. The summed E-state index contributed by atoms with van der Waals surface area (Å²) in [6.45, 7) is 11.3. The molecule has 1 aromatic carbocycles. The monoisotopic (exact) mass is 250 g/mol. The van der Waals surface area contributed by atoms with Crippen LogP contribution in [0.2, 0.25) is 0 Å². The van der Waals surface area contributed by atoms with E-state index in [0.717, 1.165) is 12.1 Å². The van der Waals surface area contributed by atoms with E-state index in [1.807, 2.05) is 13.0 Å². The molecule has 1 rings (SSSR count). The van der Waals surface area contributed by atoms with Gasteiger partial charge in [-0.3, -0.25) is 10.1 Å². The lowest BCUT2D eigenvalue weighted by Gasteiger charge is -2.29. The van der Waals surface area contributed by atoms with Crippen LogP contribution < -0.4 is 5.32 Å². The summed E-state index contributed by atoms with van der Waals surface area (Å²) in [6.07, 6.45) is 0. The quantitative estimate of drug-likeness (QED) is 0.634. The molecule has 0 unspecified atom stereocenters. The third-order valence-corrected chi connectivity index (χ3v) is 3.65. The van der Waals surface area contributed by atoms with Gasteiger partial charge in [-0.2, -0.15) is 0 Å². The molecule has 1 aromatic rings. The van der Waals surface area contributed by atoms with Gasteiger partial charge in [0.05, 0.1) is 4.92 Å². The number of nitrogens with one attached hydrogen (secondary N) is 1. The molecule has 0 aliphatic carbocycles. The fourth-order valence-electron chi connectivity index (χ4n) is 1.48. The largest absolute Gasteiger partial charge is 0.379 e. The van der Waals surface area contributed by atoms with Crippen molar-refractivity contribution in [2.45, 2.75) is 34.6 Å². The van der Waals surface area contributed by atoms with Gasteiger partial charge in [-0.05, 0) is 29.9 Å². The SMILES string of the molecule is Cc1ccc([N+](=O)[O-])c(NCC(C)(C)C(C)C)c1. The highest BCUT2D eigenvalue weighted by molar-refractivity contribution is 5.62. The van der Waals surface area contributed by atoms with Crippen molar-refractivity contribution in [1.82, 2.24) is 0 Å². The van der Waals surface area contributed by atoms with E-state index in [4.69, 9.17) is 0 Å². The lowest BCUT2D eigenvalue weighted by molar-refractivity contribution is -0.384. The molecule has 0 heterocycles. The van der Waals surface area contributed by atoms with E-state index in [1.54, 1.807) is 12.1 Å². The Morgan fingerprint density at radius 1 is 1.39 bits per heavy atom. The van der Waals surface area contributed by atoms with Gasteiger partial charge in [-0.15, -0.1) is 0 Å². The molecule has 0 radical (unpaired) electrons. The van der Waals surface area contributed by atoms with E-state index in [0.29, 0.717) is 11.6 Å². The van der Waals surface area contributed by atoms with E-state index < -0.39 is 0 Å². The molecule has 0 saturated heterocycles. The van der Waals surface area contributed by atoms with Crippen LogP contribution in [0.15, 0.2) is 18.2 Å². The van der Waals surface area contributed by atoms with E-state index in [9.17, 15) is 10.1 Å². The molecule has 4 nitrogen and oxygen atoms in total. The summed E-state index contributed by atoms with van der Waals surface area (Å²) in [6, 6.07) is 5.14. The summed E-state index contributed by atoms with van der Waals surface area (Å²) in [7, 11) is 0. The molecule has 100 valence electrons. The number of benzene rings is 1. The van der Waals surface area contributed by atoms with Crippen LogP contribution in [0.1, 0.15) is 33.3 Å². The van der Waals surface area contributed by atoms with Crippen LogP contribution in [0.5, 0.6) is 0 Å². The van der Waals surface area contributed by atoms with Crippen LogP contribution in [0.25, 0.3) is 0 Å². The number of aryl methyl sites for hydroxylation is 1. The van der Waals surface area contributed by atoms with Crippen LogP contribution in [0.3, 0.4) is 0 Å². The Labute approximate surface area is 109 Å². The van der Waals surface area contributed by atoms with Crippen molar-refractivity contribution in [3.05, 3.63) is 33.9 Å². The highest BCUT2D eigenvalue weighted by atomic mass is 16.6. The Balaban J connectivity index is 2.90. The first-order valence-electron chi connectivity index (χ1n) is 6.23. The minimum Gasteiger partial charge on any atom is -0.379 e. The second-order valence-electron chi connectivity index (χ2n) is 5.77. The number of anilines is 1. The number of rotatable bonds is 5. The van der Waals surface area contributed by atoms with Crippen LogP contribution >= 0.6 is 0 Å². The van der Waals surface area contributed by atoms with Crippen molar-refractivity contribution >= 4 is 11.4 Å². The maximum absolute atomic E-state index is 11.0. The molecule has 0 aliphatic rings. The Morgan fingerprint density at radius 2 is 2.00 bits per heavy atom. The third-order valence-electron chi connectivity index (χ3n) is 3.65. The van der Waals surface area contributed by atoms with E-state index in [2.05, 4.69) is 33.0 Å². The Hall–Kier alpha value is -1.58. The van der Waals surface area contributed by atoms with Crippen molar-refractivity contribution in [2.75, 3.05) is 11.9 Å². The molecule has 0 bridgehead atoms. The molecular weight excluding hydrogens is 228 g/mol. The first-order chi connectivity index (χ1) is 8.24. The topological polar surface area (TPSA) is 55.2 Å². The maximum Gasteiger partial charge on any atom is 0.292 e. The molecule has 0 aromatic heterocycles. The van der Waals surface area contributed by atoms with Gasteiger partial charge < -0.3 is 5.32 Å². The van der Waals surface area contributed by atoms with Crippen LogP contribution in [0, 0.1) is 28.4 Å². The zero-order valence-electron chi connectivity index (χ0n) is 11.8. The fourth-order valence-corrected chi connectivity index (χ4v) is 1.48. The number of nitrogens with zero attached hydrogens (tertiary/aromatic N) is 1. The van der Waals surface area contributed by atoms with E-state index in [1.165, 1.54) is 0 Å². The summed E-state index contributed by atoms with van der Waals surface area (Å²) in [5.41, 5.74) is 1.86. The standard InChI is InChI=1S/C14H22N2O2/c1-10(2)14(4,5)9-15-12-8-11(3)6-7-13(12)16(17)18/h6-8,10,15H,9H2,1-5H3. The van der Waals surface area contributed by atoms with Gasteiger partial charge >= 0.3 is 0 Å². The molecule has 4 heteroatoms. The van der Waals surface area contributed by atoms with Crippen LogP contribution in [-0.4, -0.2) is 11.5 Å². The summed E-state index contributed by atoms with van der Waals surface area (Å²) < 4.78 is 0. The minimum atomic E-state index is -0.343. The average molecular weight is 250 g/mol. The second kappa shape index (κ2) is 5.38. The lowest BCUT2D eigenvalue weighted by atomic mass is 9.81. The lowest BCUT2D eigenvalue weighted by Crippen LogP contribution is -2.28. The smallest absolute Gasteiger partial charge is 0.292 e. The molecule has 0 saturated carbocycles. The van der Waals surface area contributed by atoms with Crippen molar-refractivity contribution in [3.63, 3.8) is 0 Å². The van der Waals surface area contributed by atoms with Crippen LogP contribution in [-0.2, 0) is 0 Å². The van der Waals surface area contributed by atoms with Gasteiger partial charge in [0, 0.05) is 12.6 Å². The molecule has 0 amide bonds. The van der Waals surface area contributed by atoms with Gasteiger partial charge in [0.15, 0.2) is 0 Å². The molecule has 0 atom stereocenters. The predicted octanol–water partition coefficient (Wildman–Crippen LogP) is 4.00.